The molecule has 1 rings (SSSR count). The number of ether oxygens (including phenoxy) is 1. The van der Waals surface area contributed by atoms with Crippen molar-refractivity contribution in [1.29, 1.82) is 0 Å². The van der Waals surface area contributed by atoms with Crippen molar-refractivity contribution < 1.29 is 19.4 Å². The van der Waals surface area contributed by atoms with Crippen LogP contribution in [0.4, 0.5) is 0 Å². The van der Waals surface area contributed by atoms with Crippen LogP contribution in [0.5, 0.6) is 5.75 Å². The van der Waals surface area contributed by atoms with Crippen molar-refractivity contribution in [1.82, 2.24) is 5.32 Å². The molecular weight excluding hydrogens is 270 g/mol. The van der Waals surface area contributed by atoms with Crippen molar-refractivity contribution >= 4 is 11.9 Å². The molecule has 0 aliphatic carbocycles. The van der Waals surface area contributed by atoms with E-state index in [2.05, 4.69) is 5.32 Å². The van der Waals surface area contributed by atoms with E-state index in [1.165, 1.54) is 0 Å². The van der Waals surface area contributed by atoms with E-state index in [0.29, 0.717) is 5.75 Å². The summed E-state index contributed by atoms with van der Waals surface area (Å²) in [6, 6.07) is 4.77. The highest BCUT2D eigenvalue weighted by atomic mass is 16.5. The predicted molar refractivity (Wildman–Crippen MR) is 80.4 cm³/mol. The number of aryl methyl sites for hydroxylation is 2. The fourth-order valence-corrected chi connectivity index (χ4v) is 1.86. The highest BCUT2D eigenvalue weighted by Crippen LogP contribution is 2.20. The molecule has 1 aromatic rings. The van der Waals surface area contributed by atoms with Gasteiger partial charge in [0.25, 0.3) is 5.91 Å². The Morgan fingerprint density at radius 3 is 2.43 bits per heavy atom. The Morgan fingerprint density at radius 1 is 1.29 bits per heavy atom. The summed E-state index contributed by atoms with van der Waals surface area (Å²) in [5.74, 6) is -0.867. The topological polar surface area (TPSA) is 75.6 Å². The van der Waals surface area contributed by atoms with Gasteiger partial charge >= 0.3 is 5.97 Å². The summed E-state index contributed by atoms with van der Waals surface area (Å²) in [6.45, 7) is 8.91. The maximum Gasteiger partial charge on any atom is 0.326 e. The number of carbonyl (C=O) groups excluding carboxylic acids is 1. The van der Waals surface area contributed by atoms with Crippen molar-refractivity contribution in [2.45, 2.75) is 40.7 Å². The quantitative estimate of drug-likeness (QED) is 0.873. The molecule has 0 aliphatic heterocycles. The second-order valence-electron chi connectivity index (χ2n) is 6.26. The maximum atomic E-state index is 11.9. The Morgan fingerprint density at radius 2 is 1.90 bits per heavy atom. The second kappa shape index (κ2) is 6.61. The van der Waals surface area contributed by atoms with Gasteiger partial charge in [-0.3, -0.25) is 4.79 Å². The molecule has 0 unspecified atom stereocenters. The molecule has 0 radical (unpaired) electrons. The molecule has 0 saturated carbocycles. The number of carbonyl (C=O) groups is 2. The molecule has 2 N–H and O–H groups in total. The van der Waals surface area contributed by atoms with Gasteiger partial charge in [0, 0.05) is 0 Å². The first-order valence-corrected chi connectivity index (χ1v) is 6.83. The highest BCUT2D eigenvalue weighted by molar-refractivity contribution is 5.84. The lowest BCUT2D eigenvalue weighted by atomic mass is 9.87. The SMILES string of the molecule is Cc1ccc(C)c(OCC(=O)N[C@@H](C(=O)O)C(C)(C)C)c1. The molecule has 1 atom stereocenters. The van der Waals surface area contributed by atoms with Crippen molar-refractivity contribution in [2.75, 3.05) is 6.61 Å². The molecule has 1 aromatic carbocycles. The van der Waals surface area contributed by atoms with Gasteiger partial charge in [-0.2, -0.15) is 0 Å². The van der Waals surface area contributed by atoms with Gasteiger partial charge in [0.1, 0.15) is 11.8 Å². The number of hydrogen-bond donors (Lipinski definition) is 2. The third-order valence-corrected chi connectivity index (χ3v) is 3.12. The number of amides is 1. The zero-order valence-corrected chi connectivity index (χ0v) is 13.2. The fraction of sp³-hybridized carbons (Fsp3) is 0.500. The van der Waals surface area contributed by atoms with E-state index in [1.54, 1.807) is 20.8 Å². The van der Waals surface area contributed by atoms with E-state index < -0.39 is 23.3 Å². The summed E-state index contributed by atoms with van der Waals surface area (Å²) in [4.78, 5) is 23.1. The first-order chi connectivity index (χ1) is 9.61. The van der Waals surface area contributed by atoms with E-state index in [9.17, 15) is 9.59 Å². The van der Waals surface area contributed by atoms with Gasteiger partial charge in [-0.15, -0.1) is 0 Å². The van der Waals surface area contributed by atoms with Crippen molar-refractivity contribution in [3.63, 3.8) is 0 Å². The van der Waals surface area contributed by atoms with Gasteiger partial charge in [-0.05, 0) is 36.5 Å². The van der Waals surface area contributed by atoms with E-state index in [1.807, 2.05) is 32.0 Å². The Kier molecular flexibility index (Phi) is 5.35. The van der Waals surface area contributed by atoms with Crippen LogP contribution in [-0.4, -0.2) is 29.6 Å². The van der Waals surface area contributed by atoms with Crippen LogP contribution < -0.4 is 10.1 Å². The van der Waals surface area contributed by atoms with E-state index in [0.717, 1.165) is 11.1 Å². The van der Waals surface area contributed by atoms with Gasteiger partial charge in [-0.1, -0.05) is 32.9 Å². The molecule has 1 amide bonds. The highest BCUT2D eigenvalue weighted by Gasteiger charge is 2.32. The largest absolute Gasteiger partial charge is 0.483 e. The van der Waals surface area contributed by atoms with Crippen LogP contribution in [0.3, 0.4) is 0 Å². The number of rotatable bonds is 5. The molecule has 0 aromatic heterocycles. The summed E-state index contributed by atoms with van der Waals surface area (Å²) < 4.78 is 5.47. The number of hydrogen-bond acceptors (Lipinski definition) is 3. The molecule has 5 heteroatoms. The molecule has 0 heterocycles. The average molecular weight is 293 g/mol. The molecule has 0 fully saturated rings. The van der Waals surface area contributed by atoms with E-state index in [-0.39, 0.29) is 6.61 Å². The van der Waals surface area contributed by atoms with Crippen LogP contribution in [0.25, 0.3) is 0 Å². The monoisotopic (exact) mass is 293 g/mol. The third-order valence-electron chi connectivity index (χ3n) is 3.12. The van der Waals surface area contributed by atoms with Crippen molar-refractivity contribution in [3.8, 4) is 5.75 Å². The molecule has 0 aliphatic rings. The fourth-order valence-electron chi connectivity index (χ4n) is 1.86. The molecular formula is C16H23NO4. The lowest BCUT2D eigenvalue weighted by Gasteiger charge is -2.27. The number of nitrogens with one attached hydrogen (secondary N) is 1. The van der Waals surface area contributed by atoms with Gasteiger partial charge in [0.2, 0.25) is 0 Å². The standard InChI is InChI=1S/C16H23NO4/c1-10-6-7-11(2)12(8-10)21-9-13(18)17-14(15(19)20)16(3,4)5/h6-8,14H,9H2,1-5H3,(H,17,18)(H,19,20)/t14-/m0/s1. The van der Waals surface area contributed by atoms with Crippen LogP contribution in [-0.2, 0) is 9.59 Å². The predicted octanol–water partition coefficient (Wildman–Crippen LogP) is 2.30. The molecule has 0 saturated heterocycles. The van der Waals surface area contributed by atoms with Crippen LogP contribution in [0, 0.1) is 19.3 Å². The zero-order chi connectivity index (χ0) is 16.2. The summed E-state index contributed by atoms with van der Waals surface area (Å²) in [7, 11) is 0. The number of carboxylic acids is 1. The molecule has 0 spiro atoms. The van der Waals surface area contributed by atoms with Gasteiger partial charge in [0.15, 0.2) is 6.61 Å². The van der Waals surface area contributed by atoms with E-state index in [4.69, 9.17) is 9.84 Å². The minimum Gasteiger partial charge on any atom is -0.483 e. The second-order valence-corrected chi connectivity index (χ2v) is 6.26. The first kappa shape index (κ1) is 17.0. The Labute approximate surface area is 125 Å². The van der Waals surface area contributed by atoms with Crippen LogP contribution >= 0.6 is 0 Å². The first-order valence-electron chi connectivity index (χ1n) is 6.83. The lowest BCUT2D eigenvalue weighted by Crippen LogP contribution is -2.50. The number of carboxylic acid groups (broad SMARTS) is 1. The van der Waals surface area contributed by atoms with Crippen LogP contribution in [0.1, 0.15) is 31.9 Å². The Bertz CT molecular complexity index is 532. The van der Waals surface area contributed by atoms with Gasteiger partial charge in [-0.25, -0.2) is 4.79 Å². The minimum absolute atomic E-state index is 0.204. The van der Waals surface area contributed by atoms with Gasteiger partial charge < -0.3 is 15.2 Å². The smallest absolute Gasteiger partial charge is 0.326 e. The molecule has 116 valence electrons. The van der Waals surface area contributed by atoms with Crippen molar-refractivity contribution in [3.05, 3.63) is 29.3 Å². The minimum atomic E-state index is -1.05. The lowest BCUT2D eigenvalue weighted by molar-refractivity contribution is -0.145. The zero-order valence-electron chi connectivity index (χ0n) is 13.2. The third kappa shape index (κ3) is 5.10. The molecule has 0 bridgehead atoms. The van der Waals surface area contributed by atoms with Crippen LogP contribution in [0.2, 0.25) is 0 Å². The molecule has 21 heavy (non-hydrogen) atoms. The summed E-state index contributed by atoms with van der Waals surface area (Å²) in [5, 5.41) is 11.7. The molecule has 5 nitrogen and oxygen atoms in total. The number of aliphatic carboxylic acids is 1. The summed E-state index contributed by atoms with van der Waals surface area (Å²) in [5.41, 5.74) is 1.40. The Hall–Kier alpha value is -2.04. The summed E-state index contributed by atoms with van der Waals surface area (Å²) >= 11 is 0. The van der Waals surface area contributed by atoms with Crippen molar-refractivity contribution in [2.24, 2.45) is 5.41 Å². The summed E-state index contributed by atoms with van der Waals surface area (Å²) in [6.07, 6.45) is 0. The van der Waals surface area contributed by atoms with E-state index >= 15 is 0 Å². The normalized spacial score (nSPS) is 12.6. The van der Waals surface area contributed by atoms with Gasteiger partial charge in [0.05, 0.1) is 0 Å². The van der Waals surface area contributed by atoms with Crippen LogP contribution in [0.15, 0.2) is 18.2 Å². The number of benzene rings is 1. The maximum absolute atomic E-state index is 11.9. The Balaban J connectivity index is 2.65. The average Bonchev–Trinajstić information content (AvgIpc) is 2.35.